The molecule has 2 aromatic heterocycles. The first-order valence-electron chi connectivity index (χ1n) is 8.07. The third-order valence-electron chi connectivity index (χ3n) is 4.65. The Hall–Kier alpha value is -1.28. The molecule has 2 atom stereocenters. The van der Waals surface area contributed by atoms with Gasteiger partial charge in [-0.2, -0.15) is 0 Å². The predicted molar refractivity (Wildman–Crippen MR) is 87.2 cm³/mol. The van der Waals surface area contributed by atoms with Crippen molar-refractivity contribution in [3.05, 3.63) is 34.3 Å². The van der Waals surface area contributed by atoms with Crippen molar-refractivity contribution in [2.24, 2.45) is 0 Å². The number of aryl methyl sites for hydroxylation is 1. The average molecular weight is 334 g/mol. The van der Waals surface area contributed by atoms with E-state index in [4.69, 9.17) is 9.47 Å². The van der Waals surface area contributed by atoms with Crippen molar-refractivity contribution >= 4 is 11.3 Å². The molecule has 0 amide bonds. The topological polar surface area (TPSA) is 63.3 Å². The number of aromatic amines is 1. The van der Waals surface area contributed by atoms with Crippen molar-refractivity contribution in [3.63, 3.8) is 0 Å². The van der Waals surface area contributed by atoms with Crippen molar-refractivity contribution in [2.75, 3.05) is 19.7 Å². The van der Waals surface area contributed by atoms with E-state index in [0.717, 1.165) is 48.9 Å². The highest BCUT2D eigenvalue weighted by molar-refractivity contribution is 7.09. The van der Waals surface area contributed by atoms with Gasteiger partial charge in [0.1, 0.15) is 0 Å². The van der Waals surface area contributed by atoms with Gasteiger partial charge in [0.15, 0.2) is 0 Å². The summed E-state index contributed by atoms with van der Waals surface area (Å²) in [7, 11) is 0. The molecule has 0 saturated carbocycles. The van der Waals surface area contributed by atoms with Gasteiger partial charge in [-0.25, -0.2) is 9.97 Å². The fourth-order valence-electron chi connectivity index (χ4n) is 3.55. The molecule has 0 radical (unpaired) electrons. The van der Waals surface area contributed by atoms with Gasteiger partial charge in [-0.05, 0) is 13.3 Å². The molecule has 2 aliphatic heterocycles. The highest BCUT2D eigenvalue weighted by Gasteiger charge is 2.45. The molecule has 23 heavy (non-hydrogen) atoms. The molecule has 0 bridgehead atoms. The van der Waals surface area contributed by atoms with E-state index < -0.39 is 0 Å². The summed E-state index contributed by atoms with van der Waals surface area (Å²) in [6, 6.07) is 0. The number of thiazole rings is 1. The van der Waals surface area contributed by atoms with E-state index in [1.54, 1.807) is 17.7 Å². The van der Waals surface area contributed by atoms with Crippen molar-refractivity contribution < 1.29 is 9.47 Å². The van der Waals surface area contributed by atoms with Crippen LogP contribution >= 0.6 is 11.3 Å². The van der Waals surface area contributed by atoms with Gasteiger partial charge < -0.3 is 14.5 Å². The van der Waals surface area contributed by atoms with Crippen LogP contribution in [-0.4, -0.2) is 51.3 Å². The summed E-state index contributed by atoms with van der Waals surface area (Å²) in [4.78, 5) is 14.1. The van der Waals surface area contributed by atoms with Crippen LogP contribution in [0.25, 0.3) is 0 Å². The van der Waals surface area contributed by atoms with Gasteiger partial charge in [-0.15, -0.1) is 11.3 Å². The van der Waals surface area contributed by atoms with Crippen LogP contribution < -0.4 is 0 Å². The lowest BCUT2D eigenvalue weighted by Crippen LogP contribution is -2.33. The molecular formula is C16H22N4O2S. The summed E-state index contributed by atoms with van der Waals surface area (Å²) < 4.78 is 12.2. The Balaban J connectivity index is 1.28. The van der Waals surface area contributed by atoms with Gasteiger partial charge in [-0.3, -0.25) is 4.90 Å². The Kier molecular flexibility index (Phi) is 4.19. The molecule has 2 saturated heterocycles. The zero-order valence-corrected chi connectivity index (χ0v) is 14.1. The summed E-state index contributed by atoms with van der Waals surface area (Å²) in [5, 5.41) is 3.16. The first-order chi connectivity index (χ1) is 11.2. The Bertz CT molecular complexity index is 644. The number of rotatable bonds is 5. The fraction of sp³-hybridized carbons (Fsp3) is 0.625. The molecule has 6 nitrogen and oxygen atoms in total. The van der Waals surface area contributed by atoms with Crippen LogP contribution in [0.3, 0.4) is 0 Å². The molecule has 4 heterocycles. The third-order valence-corrected chi connectivity index (χ3v) is 5.48. The number of imidazole rings is 1. The van der Waals surface area contributed by atoms with E-state index in [0.29, 0.717) is 13.2 Å². The normalized spacial score (nSPS) is 28.1. The van der Waals surface area contributed by atoms with Crippen molar-refractivity contribution in [1.29, 1.82) is 0 Å². The number of hydrogen-bond donors (Lipinski definition) is 1. The summed E-state index contributed by atoms with van der Waals surface area (Å²) in [5.74, 6) is 0. The number of aromatic nitrogens is 3. The zero-order valence-electron chi connectivity index (χ0n) is 13.3. The zero-order chi connectivity index (χ0) is 15.7. The van der Waals surface area contributed by atoms with Crippen LogP contribution in [0.1, 0.15) is 29.2 Å². The lowest BCUT2D eigenvalue weighted by atomic mass is 9.98. The highest BCUT2D eigenvalue weighted by atomic mass is 32.1. The van der Waals surface area contributed by atoms with Crippen LogP contribution in [-0.2, 0) is 22.6 Å². The van der Waals surface area contributed by atoms with E-state index in [2.05, 4.69) is 25.2 Å². The van der Waals surface area contributed by atoms with E-state index in [9.17, 15) is 0 Å². The lowest BCUT2D eigenvalue weighted by Gasteiger charge is -2.23. The summed E-state index contributed by atoms with van der Waals surface area (Å²) in [6.45, 7) is 6.26. The molecule has 0 aromatic carbocycles. The molecule has 2 fully saturated rings. The molecule has 0 unspecified atom stereocenters. The molecule has 4 rings (SSSR count). The lowest BCUT2D eigenvalue weighted by molar-refractivity contribution is -0.000792. The second kappa shape index (κ2) is 6.32. The van der Waals surface area contributed by atoms with Crippen molar-refractivity contribution in [2.45, 2.75) is 44.6 Å². The molecule has 124 valence electrons. The first kappa shape index (κ1) is 15.3. The monoisotopic (exact) mass is 334 g/mol. The molecular weight excluding hydrogens is 312 g/mol. The predicted octanol–water partition coefficient (Wildman–Crippen LogP) is 2.12. The number of likely N-dealkylation sites (tertiary alicyclic amines) is 1. The SMILES string of the molecule is Cc1nc(CO[C@H]2CO[C@]3(CCN(Cc4cnc[nH]4)C3)C2)cs1. The maximum atomic E-state index is 6.15. The summed E-state index contributed by atoms with van der Waals surface area (Å²) in [6.07, 6.45) is 5.87. The van der Waals surface area contributed by atoms with Crippen LogP contribution in [0.15, 0.2) is 17.9 Å². The first-order valence-corrected chi connectivity index (χ1v) is 8.95. The number of hydrogen-bond acceptors (Lipinski definition) is 6. The van der Waals surface area contributed by atoms with E-state index in [1.807, 2.05) is 13.1 Å². The van der Waals surface area contributed by atoms with Gasteiger partial charge in [-0.1, -0.05) is 0 Å². The minimum Gasteiger partial charge on any atom is -0.371 e. The van der Waals surface area contributed by atoms with Gasteiger partial charge in [0.05, 0.1) is 41.9 Å². The van der Waals surface area contributed by atoms with Crippen LogP contribution in [0, 0.1) is 6.92 Å². The van der Waals surface area contributed by atoms with Gasteiger partial charge in [0, 0.05) is 43.3 Å². The second-order valence-electron chi connectivity index (χ2n) is 6.53. The molecule has 2 aromatic rings. The van der Waals surface area contributed by atoms with Crippen molar-refractivity contribution in [3.8, 4) is 0 Å². The third kappa shape index (κ3) is 3.47. The average Bonchev–Trinajstić information content (AvgIpc) is 3.29. The van der Waals surface area contributed by atoms with E-state index in [1.165, 1.54) is 0 Å². The highest BCUT2D eigenvalue weighted by Crippen LogP contribution is 2.36. The van der Waals surface area contributed by atoms with E-state index in [-0.39, 0.29) is 11.7 Å². The Labute approximate surface area is 139 Å². The molecule has 1 N–H and O–H groups in total. The number of ether oxygens (including phenoxy) is 2. The smallest absolute Gasteiger partial charge is 0.0922 e. The number of nitrogens with zero attached hydrogens (tertiary/aromatic N) is 3. The maximum absolute atomic E-state index is 6.15. The van der Waals surface area contributed by atoms with Crippen molar-refractivity contribution in [1.82, 2.24) is 19.9 Å². The second-order valence-corrected chi connectivity index (χ2v) is 7.59. The number of nitrogens with one attached hydrogen (secondary N) is 1. The Morgan fingerprint density at radius 2 is 2.52 bits per heavy atom. The van der Waals surface area contributed by atoms with Crippen LogP contribution in [0.2, 0.25) is 0 Å². The number of H-pyrrole nitrogens is 1. The summed E-state index contributed by atoms with van der Waals surface area (Å²) >= 11 is 1.67. The largest absolute Gasteiger partial charge is 0.371 e. The van der Waals surface area contributed by atoms with Gasteiger partial charge in [0.2, 0.25) is 0 Å². The molecule has 1 spiro atoms. The molecule has 2 aliphatic rings. The van der Waals surface area contributed by atoms with Gasteiger partial charge in [0.25, 0.3) is 0 Å². The Morgan fingerprint density at radius 3 is 3.30 bits per heavy atom. The van der Waals surface area contributed by atoms with Gasteiger partial charge >= 0.3 is 0 Å². The quantitative estimate of drug-likeness (QED) is 0.907. The summed E-state index contributed by atoms with van der Waals surface area (Å²) in [5.41, 5.74) is 2.16. The van der Waals surface area contributed by atoms with Crippen LogP contribution in [0.4, 0.5) is 0 Å². The minimum atomic E-state index is -0.0251. The van der Waals surface area contributed by atoms with E-state index >= 15 is 0 Å². The minimum absolute atomic E-state index is 0.0251. The molecule has 0 aliphatic carbocycles. The standard InChI is InChI=1S/C16H22N4O2S/c1-12-19-14(9-23-12)7-21-15-4-16(22-8-15)2-3-20(10-16)6-13-5-17-11-18-13/h5,9,11,15H,2-4,6-8,10H2,1H3,(H,17,18)/t15-,16-/m1/s1. The Morgan fingerprint density at radius 1 is 1.57 bits per heavy atom. The maximum Gasteiger partial charge on any atom is 0.0922 e. The van der Waals surface area contributed by atoms with Crippen LogP contribution in [0.5, 0.6) is 0 Å². The molecule has 7 heteroatoms. The fourth-order valence-corrected chi connectivity index (χ4v) is 4.14.